The van der Waals surface area contributed by atoms with Gasteiger partial charge in [0.05, 0.1) is 5.69 Å². The van der Waals surface area contributed by atoms with Crippen molar-refractivity contribution < 1.29 is 4.79 Å². The van der Waals surface area contributed by atoms with Crippen molar-refractivity contribution in [2.24, 2.45) is 5.73 Å². The zero-order valence-electron chi connectivity index (χ0n) is 12.7. The van der Waals surface area contributed by atoms with Crippen LogP contribution in [0.25, 0.3) is 0 Å². The van der Waals surface area contributed by atoms with Crippen molar-refractivity contribution in [3.05, 3.63) is 45.5 Å². The number of amides is 1. The van der Waals surface area contributed by atoms with Gasteiger partial charge in [0.25, 0.3) is 5.91 Å². The molecule has 0 saturated heterocycles. The summed E-state index contributed by atoms with van der Waals surface area (Å²) < 4.78 is 0. The second kappa shape index (κ2) is 6.77. The van der Waals surface area contributed by atoms with Gasteiger partial charge in [-0.15, -0.1) is 23.7 Å². The lowest BCUT2D eigenvalue weighted by atomic mass is 9.99. The molecule has 0 spiro atoms. The van der Waals surface area contributed by atoms with E-state index in [4.69, 9.17) is 5.73 Å². The highest BCUT2D eigenvalue weighted by Gasteiger charge is 2.21. The monoisotopic (exact) mass is 337 g/mol. The van der Waals surface area contributed by atoms with Crippen molar-refractivity contribution in [1.82, 2.24) is 4.98 Å². The number of nitrogens with two attached hydrogens (primary N) is 1. The topological polar surface area (TPSA) is 68.0 Å². The minimum atomic E-state index is -0.0945. The standard InChI is InChI=1S/C16H19N3OS.ClH/c1-9-3-5-12(10(2)7-9)15(20)19-16-18-13-6-4-11(17)8-14(13)21-16;/h3,5,7,11H,4,6,8,17H2,1-2H3,(H,18,19,20);1H/t11-;/m0./s1. The molecule has 1 aromatic heterocycles. The lowest BCUT2D eigenvalue weighted by Crippen LogP contribution is -2.27. The van der Waals surface area contributed by atoms with E-state index >= 15 is 0 Å². The molecule has 0 unspecified atom stereocenters. The number of nitrogens with zero attached hydrogens (tertiary/aromatic N) is 1. The quantitative estimate of drug-likeness (QED) is 0.883. The molecule has 1 amide bonds. The van der Waals surface area contributed by atoms with Gasteiger partial charge < -0.3 is 5.73 Å². The minimum absolute atomic E-state index is 0. The Morgan fingerprint density at radius 3 is 2.91 bits per heavy atom. The average molecular weight is 338 g/mol. The minimum Gasteiger partial charge on any atom is -0.327 e. The lowest BCUT2D eigenvalue weighted by Gasteiger charge is -2.15. The highest BCUT2D eigenvalue weighted by atomic mass is 35.5. The fourth-order valence-corrected chi connectivity index (χ4v) is 3.78. The van der Waals surface area contributed by atoms with Crippen LogP contribution < -0.4 is 11.1 Å². The van der Waals surface area contributed by atoms with Crippen molar-refractivity contribution in [2.45, 2.75) is 39.2 Å². The van der Waals surface area contributed by atoms with E-state index in [0.717, 1.165) is 36.1 Å². The Kier molecular flexibility index (Phi) is 5.21. The largest absolute Gasteiger partial charge is 0.327 e. The predicted octanol–water partition coefficient (Wildman–Crippen LogP) is 3.25. The number of carbonyl (C=O) groups is 1. The van der Waals surface area contributed by atoms with Gasteiger partial charge in [-0.05, 0) is 44.7 Å². The Labute approximate surface area is 140 Å². The second-order valence-electron chi connectivity index (χ2n) is 5.66. The van der Waals surface area contributed by atoms with Crippen molar-refractivity contribution in [3.63, 3.8) is 0 Å². The first-order valence-electron chi connectivity index (χ1n) is 7.15. The van der Waals surface area contributed by atoms with Crippen LogP contribution in [0, 0.1) is 13.8 Å². The third-order valence-electron chi connectivity index (χ3n) is 3.82. The van der Waals surface area contributed by atoms with E-state index in [1.807, 2.05) is 32.0 Å². The van der Waals surface area contributed by atoms with Crippen molar-refractivity contribution >= 4 is 34.8 Å². The van der Waals surface area contributed by atoms with Crippen LogP contribution in [-0.4, -0.2) is 16.9 Å². The average Bonchev–Trinajstić information content (AvgIpc) is 2.79. The van der Waals surface area contributed by atoms with Crippen LogP contribution in [0.1, 0.15) is 38.5 Å². The number of aryl methyl sites for hydroxylation is 3. The van der Waals surface area contributed by atoms with Crippen molar-refractivity contribution in [1.29, 1.82) is 0 Å². The Morgan fingerprint density at radius 1 is 1.41 bits per heavy atom. The molecule has 1 atom stereocenters. The molecule has 1 aliphatic rings. The van der Waals surface area contributed by atoms with Crippen molar-refractivity contribution in [3.8, 4) is 0 Å². The van der Waals surface area contributed by atoms with Crippen LogP contribution in [0.5, 0.6) is 0 Å². The highest BCUT2D eigenvalue weighted by molar-refractivity contribution is 7.15. The Balaban J connectivity index is 0.00000176. The summed E-state index contributed by atoms with van der Waals surface area (Å²) in [6.07, 6.45) is 2.75. The number of rotatable bonds is 2. The molecule has 3 rings (SSSR count). The number of benzene rings is 1. The van der Waals surface area contributed by atoms with Gasteiger partial charge in [-0.25, -0.2) is 4.98 Å². The summed E-state index contributed by atoms with van der Waals surface area (Å²) in [5.74, 6) is -0.0945. The number of fused-ring (bicyclic) bond motifs is 1. The van der Waals surface area contributed by atoms with Gasteiger partial charge in [-0.3, -0.25) is 10.1 Å². The number of halogens is 1. The molecule has 1 aromatic carbocycles. The molecule has 0 fully saturated rings. The molecule has 0 aliphatic heterocycles. The van der Waals surface area contributed by atoms with Crippen molar-refractivity contribution in [2.75, 3.05) is 5.32 Å². The Hall–Kier alpha value is -1.43. The molecule has 0 saturated carbocycles. The number of hydrogen-bond donors (Lipinski definition) is 2. The summed E-state index contributed by atoms with van der Waals surface area (Å²) in [7, 11) is 0. The molecule has 4 nitrogen and oxygen atoms in total. The first-order chi connectivity index (χ1) is 10.0. The third-order valence-corrected chi connectivity index (χ3v) is 4.86. The van der Waals surface area contributed by atoms with E-state index in [-0.39, 0.29) is 24.4 Å². The molecule has 1 heterocycles. The fraction of sp³-hybridized carbons (Fsp3) is 0.375. The number of aromatic nitrogens is 1. The van der Waals surface area contributed by atoms with E-state index in [9.17, 15) is 4.79 Å². The molecule has 6 heteroatoms. The highest BCUT2D eigenvalue weighted by Crippen LogP contribution is 2.29. The summed E-state index contributed by atoms with van der Waals surface area (Å²) in [6.45, 7) is 3.97. The summed E-state index contributed by atoms with van der Waals surface area (Å²) in [5, 5.41) is 3.60. The number of hydrogen-bond acceptors (Lipinski definition) is 4. The molecule has 2 aromatic rings. The molecular formula is C16H20ClN3OS. The number of thiazole rings is 1. The second-order valence-corrected chi connectivity index (χ2v) is 6.75. The zero-order chi connectivity index (χ0) is 15.0. The zero-order valence-corrected chi connectivity index (χ0v) is 14.3. The van der Waals surface area contributed by atoms with Gasteiger partial charge in [0.2, 0.25) is 0 Å². The number of carbonyl (C=O) groups excluding carboxylic acids is 1. The molecule has 3 N–H and O–H groups in total. The Bertz CT molecular complexity index is 699. The molecule has 0 radical (unpaired) electrons. The molecule has 1 aliphatic carbocycles. The molecule has 0 bridgehead atoms. The van der Waals surface area contributed by atoms with E-state index in [0.29, 0.717) is 10.7 Å². The van der Waals surface area contributed by atoms with Gasteiger partial charge in [-0.1, -0.05) is 17.7 Å². The summed E-state index contributed by atoms with van der Waals surface area (Å²) in [6, 6.07) is 6.05. The van der Waals surface area contributed by atoms with E-state index in [2.05, 4.69) is 10.3 Å². The smallest absolute Gasteiger partial charge is 0.257 e. The van der Waals surface area contributed by atoms with Crippen LogP contribution >= 0.6 is 23.7 Å². The van der Waals surface area contributed by atoms with Crippen LogP contribution in [0.4, 0.5) is 5.13 Å². The lowest BCUT2D eigenvalue weighted by molar-refractivity contribution is 0.102. The van der Waals surface area contributed by atoms with Gasteiger partial charge >= 0.3 is 0 Å². The van der Waals surface area contributed by atoms with Gasteiger partial charge in [0, 0.05) is 16.5 Å². The van der Waals surface area contributed by atoms with Crippen LogP contribution in [0.3, 0.4) is 0 Å². The fourth-order valence-electron chi connectivity index (χ4n) is 2.69. The summed E-state index contributed by atoms with van der Waals surface area (Å²) in [4.78, 5) is 18.1. The molecule has 22 heavy (non-hydrogen) atoms. The number of anilines is 1. The maximum absolute atomic E-state index is 12.4. The van der Waals surface area contributed by atoms with Crippen LogP contribution in [0.2, 0.25) is 0 Å². The number of nitrogens with one attached hydrogen (secondary N) is 1. The Morgan fingerprint density at radius 2 is 2.18 bits per heavy atom. The van der Waals surface area contributed by atoms with E-state index in [1.54, 1.807) is 11.3 Å². The van der Waals surface area contributed by atoms with Gasteiger partial charge in [-0.2, -0.15) is 0 Å². The first kappa shape index (κ1) is 16.9. The van der Waals surface area contributed by atoms with Gasteiger partial charge in [0.15, 0.2) is 5.13 Å². The van der Waals surface area contributed by atoms with Crippen LogP contribution in [-0.2, 0) is 12.8 Å². The molecular weight excluding hydrogens is 318 g/mol. The van der Waals surface area contributed by atoms with Crippen LogP contribution in [0.15, 0.2) is 18.2 Å². The predicted molar refractivity (Wildman–Crippen MR) is 93.2 cm³/mol. The maximum atomic E-state index is 12.4. The van der Waals surface area contributed by atoms with E-state index < -0.39 is 0 Å². The molecule has 118 valence electrons. The SMILES string of the molecule is Cc1ccc(C(=O)Nc2nc3c(s2)C[C@@H](N)CC3)c(C)c1.Cl. The summed E-state index contributed by atoms with van der Waals surface area (Å²) >= 11 is 1.55. The van der Waals surface area contributed by atoms with Gasteiger partial charge in [0.1, 0.15) is 0 Å². The third kappa shape index (κ3) is 3.48. The normalized spacial score (nSPS) is 16.6. The maximum Gasteiger partial charge on any atom is 0.257 e. The summed E-state index contributed by atoms with van der Waals surface area (Å²) in [5.41, 5.74) is 9.91. The first-order valence-corrected chi connectivity index (χ1v) is 7.97. The van der Waals surface area contributed by atoms with E-state index in [1.165, 1.54) is 4.88 Å².